The molecule has 5 rings (SSSR count). The number of nitrogens with zero attached hydrogens (tertiary/aromatic N) is 2. The minimum atomic E-state index is -0.430. The molecule has 0 bridgehead atoms. The number of hydrogen-bond acceptors (Lipinski definition) is 5. The Labute approximate surface area is 171 Å². The number of hydrogen-bond donors (Lipinski definition) is 1. The van der Waals surface area contributed by atoms with Gasteiger partial charge in [0.2, 0.25) is 5.91 Å². The summed E-state index contributed by atoms with van der Waals surface area (Å²) in [7, 11) is 1.71. The second kappa shape index (κ2) is 7.26. The highest BCUT2D eigenvalue weighted by Gasteiger charge is 2.50. The minimum absolute atomic E-state index is 0.137. The van der Waals surface area contributed by atoms with Gasteiger partial charge in [-0.1, -0.05) is 24.3 Å². The van der Waals surface area contributed by atoms with Gasteiger partial charge in [0.25, 0.3) is 0 Å². The SMILES string of the molecule is COc1cccc2c1CC(CN1CCC3(CC1)C(=O)NCN3c1ccccc1)O2. The molecule has 0 aromatic heterocycles. The van der Waals surface area contributed by atoms with Crippen LogP contribution in [0.1, 0.15) is 18.4 Å². The molecule has 6 nitrogen and oxygen atoms in total. The normalized spacial score (nSPS) is 23.0. The molecule has 3 aliphatic rings. The molecule has 2 aromatic carbocycles. The van der Waals surface area contributed by atoms with Gasteiger partial charge in [-0.2, -0.15) is 0 Å². The molecule has 6 heteroatoms. The third-order valence-electron chi connectivity index (χ3n) is 6.59. The lowest BCUT2D eigenvalue weighted by atomic mass is 9.85. The van der Waals surface area contributed by atoms with Crippen LogP contribution in [0.2, 0.25) is 0 Å². The molecule has 1 N–H and O–H groups in total. The smallest absolute Gasteiger partial charge is 0.247 e. The summed E-state index contributed by atoms with van der Waals surface area (Å²) in [4.78, 5) is 17.5. The summed E-state index contributed by atoms with van der Waals surface area (Å²) in [6.45, 7) is 3.25. The van der Waals surface area contributed by atoms with E-state index in [1.54, 1.807) is 7.11 Å². The van der Waals surface area contributed by atoms with E-state index in [4.69, 9.17) is 9.47 Å². The Morgan fingerprint density at radius 2 is 1.93 bits per heavy atom. The van der Waals surface area contributed by atoms with Gasteiger partial charge in [0.1, 0.15) is 23.1 Å². The van der Waals surface area contributed by atoms with Crippen LogP contribution in [-0.2, 0) is 11.2 Å². The third kappa shape index (κ3) is 3.12. The summed E-state index contributed by atoms with van der Waals surface area (Å²) >= 11 is 0. The fourth-order valence-corrected chi connectivity index (χ4v) is 5.03. The van der Waals surface area contributed by atoms with E-state index in [-0.39, 0.29) is 12.0 Å². The third-order valence-corrected chi connectivity index (χ3v) is 6.59. The van der Waals surface area contributed by atoms with Crippen molar-refractivity contribution in [1.82, 2.24) is 10.2 Å². The molecular formula is C23H27N3O3. The molecule has 2 aromatic rings. The van der Waals surface area contributed by atoms with E-state index in [0.717, 1.165) is 56.1 Å². The van der Waals surface area contributed by atoms with Crippen molar-refractivity contribution in [2.24, 2.45) is 0 Å². The van der Waals surface area contributed by atoms with Crippen LogP contribution in [0.5, 0.6) is 11.5 Å². The van der Waals surface area contributed by atoms with Crippen molar-refractivity contribution in [2.45, 2.75) is 30.9 Å². The van der Waals surface area contributed by atoms with Gasteiger partial charge >= 0.3 is 0 Å². The van der Waals surface area contributed by atoms with Gasteiger partial charge in [0.05, 0.1) is 13.8 Å². The molecule has 152 valence electrons. The first kappa shape index (κ1) is 18.3. The van der Waals surface area contributed by atoms with E-state index in [9.17, 15) is 4.79 Å². The molecule has 3 aliphatic heterocycles. The average Bonchev–Trinajstić information content (AvgIpc) is 3.31. The Morgan fingerprint density at radius 3 is 2.69 bits per heavy atom. The van der Waals surface area contributed by atoms with Crippen molar-refractivity contribution in [3.05, 3.63) is 54.1 Å². The maximum absolute atomic E-state index is 12.8. The number of carbonyl (C=O) groups is 1. The van der Waals surface area contributed by atoms with Crippen LogP contribution in [-0.4, -0.2) is 55.9 Å². The lowest BCUT2D eigenvalue weighted by Gasteiger charge is -2.43. The lowest BCUT2D eigenvalue weighted by Crippen LogP contribution is -2.57. The highest BCUT2D eigenvalue weighted by Crippen LogP contribution is 2.38. The van der Waals surface area contributed by atoms with E-state index in [1.165, 1.54) is 5.56 Å². The zero-order chi connectivity index (χ0) is 19.8. The Morgan fingerprint density at radius 1 is 1.14 bits per heavy atom. The molecule has 3 heterocycles. The van der Waals surface area contributed by atoms with Gasteiger partial charge in [0, 0.05) is 37.3 Å². The number of methoxy groups -OCH3 is 1. The van der Waals surface area contributed by atoms with Gasteiger partial charge in [0.15, 0.2) is 0 Å². The van der Waals surface area contributed by atoms with Crippen LogP contribution in [0.4, 0.5) is 5.69 Å². The largest absolute Gasteiger partial charge is 0.496 e. The maximum atomic E-state index is 12.8. The van der Waals surface area contributed by atoms with Gasteiger partial charge in [-0.25, -0.2) is 0 Å². The van der Waals surface area contributed by atoms with Crippen LogP contribution in [0, 0.1) is 0 Å². The molecule has 29 heavy (non-hydrogen) atoms. The zero-order valence-electron chi connectivity index (χ0n) is 16.8. The number of benzene rings is 2. The van der Waals surface area contributed by atoms with Crippen molar-refractivity contribution in [1.29, 1.82) is 0 Å². The maximum Gasteiger partial charge on any atom is 0.247 e. The number of ether oxygens (including phenoxy) is 2. The number of amides is 1. The van der Waals surface area contributed by atoms with Gasteiger partial charge in [-0.05, 0) is 37.1 Å². The fourth-order valence-electron chi connectivity index (χ4n) is 5.03. The number of anilines is 1. The average molecular weight is 393 g/mol. The number of rotatable bonds is 4. The van der Waals surface area contributed by atoms with Crippen molar-refractivity contribution in [3.63, 3.8) is 0 Å². The lowest BCUT2D eigenvalue weighted by molar-refractivity contribution is -0.125. The summed E-state index contributed by atoms with van der Waals surface area (Å²) in [6.07, 6.45) is 2.67. The van der Waals surface area contributed by atoms with Crippen molar-refractivity contribution < 1.29 is 14.3 Å². The summed E-state index contributed by atoms with van der Waals surface area (Å²) in [5.74, 6) is 2.01. The zero-order valence-corrected chi connectivity index (χ0v) is 16.8. The summed E-state index contributed by atoms with van der Waals surface area (Å²) in [5, 5.41) is 3.07. The molecule has 0 aliphatic carbocycles. The minimum Gasteiger partial charge on any atom is -0.496 e. The topological polar surface area (TPSA) is 54.0 Å². The molecule has 2 saturated heterocycles. The Hall–Kier alpha value is -2.73. The van der Waals surface area contributed by atoms with E-state index >= 15 is 0 Å². The highest BCUT2D eigenvalue weighted by molar-refractivity contribution is 5.93. The first-order valence-corrected chi connectivity index (χ1v) is 10.4. The van der Waals surface area contributed by atoms with Crippen LogP contribution >= 0.6 is 0 Å². The number of carbonyl (C=O) groups excluding carboxylic acids is 1. The van der Waals surface area contributed by atoms with Gasteiger partial charge in [-0.3, -0.25) is 9.69 Å². The molecule has 1 atom stereocenters. The number of para-hydroxylation sites is 1. The first-order chi connectivity index (χ1) is 14.2. The molecule has 0 saturated carbocycles. The Bertz CT molecular complexity index is 893. The van der Waals surface area contributed by atoms with Crippen LogP contribution in [0.3, 0.4) is 0 Å². The molecule has 1 spiro atoms. The van der Waals surface area contributed by atoms with Crippen molar-refractivity contribution in [2.75, 3.05) is 38.3 Å². The fraction of sp³-hybridized carbons (Fsp3) is 0.435. The predicted octanol–water partition coefficient (Wildman–Crippen LogP) is 2.43. The summed E-state index contributed by atoms with van der Waals surface area (Å²) in [5.41, 5.74) is 1.85. The Kier molecular flexibility index (Phi) is 4.59. The molecule has 1 amide bonds. The molecule has 2 fully saturated rings. The molecular weight excluding hydrogens is 366 g/mol. The van der Waals surface area contributed by atoms with E-state index < -0.39 is 5.54 Å². The quantitative estimate of drug-likeness (QED) is 0.865. The van der Waals surface area contributed by atoms with Crippen LogP contribution in [0.15, 0.2) is 48.5 Å². The predicted molar refractivity (Wildman–Crippen MR) is 111 cm³/mol. The monoisotopic (exact) mass is 393 g/mol. The highest BCUT2D eigenvalue weighted by atomic mass is 16.5. The van der Waals surface area contributed by atoms with Crippen LogP contribution < -0.4 is 19.7 Å². The van der Waals surface area contributed by atoms with Crippen molar-refractivity contribution in [3.8, 4) is 11.5 Å². The first-order valence-electron chi connectivity index (χ1n) is 10.4. The summed E-state index contributed by atoms with van der Waals surface area (Å²) in [6, 6.07) is 16.2. The number of piperidine rings is 1. The van der Waals surface area contributed by atoms with Crippen LogP contribution in [0.25, 0.3) is 0 Å². The van der Waals surface area contributed by atoms with Gasteiger partial charge < -0.3 is 19.7 Å². The van der Waals surface area contributed by atoms with Gasteiger partial charge in [-0.15, -0.1) is 0 Å². The number of likely N-dealkylation sites (tertiary alicyclic amines) is 1. The molecule has 0 radical (unpaired) electrons. The summed E-state index contributed by atoms with van der Waals surface area (Å²) < 4.78 is 11.7. The second-order valence-corrected chi connectivity index (χ2v) is 8.14. The standard InChI is InChI=1S/C23H27N3O3/c1-28-20-8-5-9-21-19(20)14-18(29-21)15-25-12-10-23(11-13-25)22(27)24-16-26(23)17-6-3-2-4-7-17/h2-9,18H,10-16H2,1H3,(H,24,27). The molecule has 1 unspecified atom stereocenters. The van der Waals surface area contributed by atoms with E-state index in [0.29, 0.717) is 6.67 Å². The Balaban J connectivity index is 1.24. The van der Waals surface area contributed by atoms with E-state index in [1.807, 2.05) is 36.4 Å². The number of nitrogens with one attached hydrogen (secondary N) is 1. The van der Waals surface area contributed by atoms with E-state index in [2.05, 4.69) is 27.2 Å². The second-order valence-electron chi connectivity index (χ2n) is 8.14. The number of fused-ring (bicyclic) bond motifs is 1. The van der Waals surface area contributed by atoms with Crippen molar-refractivity contribution >= 4 is 11.6 Å².